The number of hydrogen-bond donors (Lipinski definition) is 2. The summed E-state index contributed by atoms with van der Waals surface area (Å²) in [6.07, 6.45) is -1.31. The number of methoxy groups -OCH3 is 2. The van der Waals surface area contributed by atoms with Crippen molar-refractivity contribution in [1.82, 2.24) is 0 Å². The van der Waals surface area contributed by atoms with Crippen LogP contribution in [0.3, 0.4) is 0 Å². The topological polar surface area (TPSA) is 81.8 Å². The number of aliphatic hydroxyl groups is 1. The van der Waals surface area contributed by atoms with Crippen LogP contribution in [-0.4, -0.2) is 31.4 Å². The largest absolute Gasteiger partial charge is 0.497 e. The van der Waals surface area contributed by atoms with Crippen LogP contribution < -0.4 is 10.5 Å². The zero-order chi connectivity index (χ0) is 17.7. The second kappa shape index (κ2) is 8.08. The average molecular weight is 347 g/mol. The van der Waals surface area contributed by atoms with E-state index in [1.807, 2.05) is 37.3 Å². The number of ether oxygens (including phenoxy) is 2. The third-order valence-corrected chi connectivity index (χ3v) is 4.99. The van der Waals surface area contributed by atoms with Gasteiger partial charge in [-0.2, -0.15) is 0 Å². The molecule has 6 heteroatoms. The number of esters is 1. The molecule has 24 heavy (non-hydrogen) atoms. The van der Waals surface area contributed by atoms with E-state index in [9.17, 15) is 9.90 Å². The fourth-order valence-electron chi connectivity index (χ4n) is 2.23. The smallest absolute Gasteiger partial charge is 0.336 e. The summed E-state index contributed by atoms with van der Waals surface area (Å²) in [5.41, 5.74) is 8.46. The van der Waals surface area contributed by atoms with Crippen LogP contribution in [0.4, 0.5) is 5.69 Å². The Hall–Kier alpha value is -2.18. The van der Waals surface area contributed by atoms with E-state index in [1.165, 1.54) is 18.9 Å². The van der Waals surface area contributed by atoms with Crippen LogP contribution in [0.5, 0.6) is 5.75 Å². The predicted octanol–water partition coefficient (Wildman–Crippen LogP) is 2.95. The van der Waals surface area contributed by atoms with Crippen LogP contribution >= 0.6 is 11.8 Å². The van der Waals surface area contributed by atoms with E-state index in [-0.39, 0.29) is 0 Å². The highest BCUT2D eigenvalue weighted by atomic mass is 32.2. The summed E-state index contributed by atoms with van der Waals surface area (Å²) in [4.78, 5) is 12.7. The van der Waals surface area contributed by atoms with Crippen LogP contribution in [0.25, 0.3) is 0 Å². The Morgan fingerprint density at radius 2 is 1.83 bits per heavy atom. The minimum absolute atomic E-state index is 0.549. The first-order valence-corrected chi connectivity index (χ1v) is 8.27. The molecule has 0 aliphatic carbocycles. The van der Waals surface area contributed by atoms with Gasteiger partial charge < -0.3 is 20.3 Å². The summed E-state index contributed by atoms with van der Waals surface area (Å²) in [5.74, 6) is 0.0136. The van der Waals surface area contributed by atoms with Gasteiger partial charge in [0.15, 0.2) is 6.10 Å². The molecular weight excluding hydrogens is 326 g/mol. The van der Waals surface area contributed by atoms with E-state index in [1.54, 1.807) is 19.2 Å². The Labute approximate surface area is 145 Å². The lowest BCUT2D eigenvalue weighted by atomic mass is 10.1. The molecule has 0 aromatic heterocycles. The molecule has 0 fully saturated rings. The lowest BCUT2D eigenvalue weighted by Crippen LogP contribution is -2.27. The third kappa shape index (κ3) is 4.21. The molecule has 0 aliphatic heterocycles. The van der Waals surface area contributed by atoms with Crippen LogP contribution in [0, 0.1) is 6.92 Å². The molecule has 2 rings (SSSR count). The summed E-state index contributed by atoms with van der Waals surface area (Å²) < 4.78 is 9.84. The minimum Gasteiger partial charge on any atom is -0.497 e. The van der Waals surface area contributed by atoms with Crippen molar-refractivity contribution >= 4 is 23.4 Å². The summed E-state index contributed by atoms with van der Waals surface area (Å²) >= 11 is 1.33. The first-order valence-electron chi connectivity index (χ1n) is 7.39. The Balaban J connectivity index is 2.38. The van der Waals surface area contributed by atoms with E-state index >= 15 is 0 Å². The van der Waals surface area contributed by atoms with Gasteiger partial charge >= 0.3 is 5.97 Å². The maximum atomic E-state index is 11.9. The van der Waals surface area contributed by atoms with Crippen molar-refractivity contribution in [3.63, 3.8) is 0 Å². The van der Waals surface area contributed by atoms with Crippen molar-refractivity contribution in [2.24, 2.45) is 0 Å². The summed E-state index contributed by atoms with van der Waals surface area (Å²) in [6, 6.07) is 12.9. The molecule has 0 amide bonds. The lowest BCUT2D eigenvalue weighted by Gasteiger charge is -2.22. The van der Waals surface area contributed by atoms with Crippen molar-refractivity contribution in [1.29, 1.82) is 0 Å². The molecule has 0 aliphatic rings. The summed E-state index contributed by atoms with van der Waals surface area (Å²) in [7, 11) is 2.83. The molecule has 5 nitrogen and oxygen atoms in total. The van der Waals surface area contributed by atoms with E-state index in [2.05, 4.69) is 0 Å². The van der Waals surface area contributed by atoms with Gasteiger partial charge in [0, 0.05) is 10.6 Å². The van der Waals surface area contributed by atoms with Gasteiger partial charge in [-0.1, -0.05) is 18.2 Å². The number of thioether (sulfide) groups is 1. The first-order chi connectivity index (χ1) is 11.5. The maximum Gasteiger partial charge on any atom is 0.336 e. The highest BCUT2D eigenvalue weighted by Crippen LogP contribution is 2.41. The molecule has 0 saturated carbocycles. The van der Waals surface area contributed by atoms with Gasteiger partial charge in [0.25, 0.3) is 0 Å². The third-order valence-electron chi connectivity index (χ3n) is 3.60. The lowest BCUT2D eigenvalue weighted by molar-refractivity contribution is -0.150. The number of anilines is 1. The average Bonchev–Trinajstić information content (AvgIpc) is 2.61. The van der Waals surface area contributed by atoms with Crippen LogP contribution in [0.1, 0.15) is 16.4 Å². The fourth-order valence-corrected chi connectivity index (χ4v) is 3.50. The molecule has 0 spiro atoms. The van der Waals surface area contributed by atoms with Gasteiger partial charge in [-0.25, -0.2) is 4.79 Å². The van der Waals surface area contributed by atoms with Crippen molar-refractivity contribution in [3.8, 4) is 5.75 Å². The van der Waals surface area contributed by atoms with Crippen molar-refractivity contribution in [2.45, 2.75) is 23.2 Å². The van der Waals surface area contributed by atoms with Crippen LogP contribution in [0.2, 0.25) is 0 Å². The maximum absolute atomic E-state index is 11.9. The SMILES string of the molecule is COC(=O)C(O)C(Sc1cc(C)ccc1N)c1ccc(OC)cc1. The number of benzene rings is 2. The van der Waals surface area contributed by atoms with Gasteiger partial charge in [-0.05, 0) is 42.3 Å². The minimum atomic E-state index is -1.31. The summed E-state index contributed by atoms with van der Waals surface area (Å²) in [6.45, 7) is 1.96. The molecule has 128 valence electrons. The number of nitrogen functional groups attached to an aromatic ring is 1. The zero-order valence-corrected chi connectivity index (χ0v) is 14.7. The molecule has 3 N–H and O–H groups in total. The van der Waals surface area contributed by atoms with Gasteiger partial charge in [-0.15, -0.1) is 11.8 Å². The molecule has 0 bridgehead atoms. The number of aliphatic hydroxyl groups excluding tert-OH is 1. The van der Waals surface area contributed by atoms with Crippen molar-refractivity contribution in [2.75, 3.05) is 20.0 Å². The molecule has 0 saturated heterocycles. The Morgan fingerprint density at radius 3 is 2.42 bits per heavy atom. The monoisotopic (exact) mass is 347 g/mol. The van der Waals surface area contributed by atoms with Gasteiger partial charge in [0.1, 0.15) is 5.75 Å². The molecule has 2 atom stereocenters. The Bertz CT molecular complexity index is 703. The van der Waals surface area contributed by atoms with Gasteiger partial charge in [-0.3, -0.25) is 0 Å². The summed E-state index contributed by atoms with van der Waals surface area (Å²) in [5, 5.41) is 9.86. The highest BCUT2D eigenvalue weighted by molar-refractivity contribution is 7.99. The number of carbonyl (C=O) groups is 1. The molecular formula is C18H21NO4S. The van der Waals surface area contributed by atoms with E-state index in [0.717, 1.165) is 16.0 Å². The molecule has 2 unspecified atom stereocenters. The Kier molecular flexibility index (Phi) is 6.11. The normalized spacial score (nSPS) is 13.2. The molecule has 0 radical (unpaired) electrons. The zero-order valence-electron chi connectivity index (χ0n) is 13.9. The predicted molar refractivity (Wildman–Crippen MR) is 95.2 cm³/mol. The van der Waals surface area contributed by atoms with Crippen molar-refractivity contribution in [3.05, 3.63) is 53.6 Å². The highest BCUT2D eigenvalue weighted by Gasteiger charge is 2.30. The van der Waals surface area contributed by atoms with Crippen molar-refractivity contribution < 1.29 is 19.4 Å². The quantitative estimate of drug-likeness (QED) is 0.475. The standard InChI is InChI=1S/C18H21NO4S/c1-11-4-9-14(19)15(10-11)24-17(16(20)18(21)23-3)12-5-7-13(22-2)8-6-12/h4-10,16-17,20H,19H2,1-3H3. The van der Waals surface area contributed by atoms with Crippen LogP contribution in [0.15, 0.2) is 47.4 Å². The van der Waals surface area contributed by atoms with E-state index in [4.69, 9.17) is 15.2 Å². The Morgan fingerprint density at radius 1 is 1.17 bits per heavy atom. The number of hydrogen-bond acceptors (Lipinski definition) is 6. The second-order valence-electron chi connectivity index (χ2n) is 5.32. The number of nitrogens with two attached hydrogens (primary N) is 1. The van der Waals surface area contributed by atoms with E-state index in [0.29, 0.717) is 11.4 Å². The first kappa shape index (κ1) is 18.2. The number of aryl methyl sites for hydroxylation is 1. The number of carbonyl (C=O) groups excluding carboxylic acids is 1. The van der Waals surface area contributed by atoms with E-state index < -0.39 is 17.3 Å². The fraction of sp³-hybridized carbons (Fsp3) is 0.278. The van der Waals surface area contributed by atoms with Gasteiger partial charge in [0.2, 0.25) is 0 Å². The molecule has 0 heterocycles. The van der Waals surface area contributed by atoms with Crippen LogP contribution in [-0.2, 0) is 9.53 Å². The second-order valence-corrected chi connectivity index (χ2v) is 6.50. The van der Waals surface area contributed by atoms with Gasteiger partial charge in [0.05, 0.1) is 19.5 Å². The molecule has 2 aromatic rings. The number of rotatable bonds is 6. The molecule has 2 aromatic carbocycles.